The zero-order valence-corrected chi connectivity index (χ0v) is 12.8. The molecule has 0 saturated carbocycles. The van der Waals surface area contributed by atoms with Crippen molar-refractivity contribution in [3.8, 4) is 0 Å². The van der Waals surface area contributed by atoms with E-state index in [1.54, 1.807) is 36.1 Å². The quantitative estimate of drug-likeness (QED) is 0.862. The Morgan fingerprint density at radius 2 is 2.05 bits per heavy atom. The van der Waals surface area contributed by atoms with Crippen LogP contribution in [0.1, 0.15) is 19.8 Å². The summed E-state index contributed by atoms with van der Waals surface area (Å²) >= 11 is 5.82. The van der Waals surface area contributed by atoms with Gasteiger partial charge in [-0.15, -0.1) is 0 Å². The van der Waals surface area contributed by atoms with E-state index in [-0.39, 0.29) is 31.2 Å². The molecule has 1 aliphatic rings. The first-order valence-corrected chi connectivity index (χ1v) is 7.32. The van der Waals surface area contributed by atoms with Gasteiger partial charge < -0.3 is 15.3 Å². The number of benzene rings is 1. The van der Waals surface area contributed by atoms with Gasteiger partial charge >= 0.3 is 5.97 Å². The van der Waals surface area contributed by atoms with Gasteiger partial charge in [0.2, 0.25) is 11.8 Å². The number of hydrogen-bond acceptors (Lipinski definition) is 3. The van der Waals surface area contributed by atoms with Crippen LogP contribution in [-0.4, -0.2) is 35.5 Å². The van der Waals surface area contributed by atoms with Crippen LogP contribution in [0.3, 0.4) is 0 Å². The summed E-state index contributed by atoms with van der Waals surface area (Å²) in [6.07, 6.45) is -0.0262. The number of nitrogens with one attached hydrogen (secondary N) is 1. The number of hydrogen-bond donors (Lipinski definition) is 2. The minimum atomic E-state index is -0.974. The molecular formula is C15H17ClN2O4. The molecule has 2 unspecified atom stereocenters. The standard InChI is InChI=1S/C15H17ClN2O4/c1-9(6-14(20)21)17-15(22)10-7-13(19)18(8-10)12-4-2-11(16)3-5-12/h2-5,9-10H,6-8H2,1H3,(H,17,22)(H,20,21). The highest BCUT2D eigenvalue weighted by atomic mass is 35.5. The van der Waals surface area contributed by atoms with E-state index >= 15 is 0 Å². The number of carboxylic acids is 1. The molecule has 1 heterocycles. The molecule has 2 N–H and O–H groups in total. The summed E-state index contributed by atoms with van der Waals surface area (Å²) in [6.45, 7) is 1.91. The van der Waals surface area contributed by atoms with Gasteiger partial charge in [0.25, 0.3) is 0 Å². The summed E-state index contributed by atoms with van der Waals surface area (Å²) in [4.78, 5) is 36.3. The minimum Gasteiger partial charge on any atom is -0.481 e. The Kier molecular flexibility index (Phi) is 5.03. The summed E-state index contributed by atoms with van der Waals surface area (Å²) in [7, 11) is 0. The summed E-state index contributed by atoms with van der Waals surface area (Å²) in [5, 5.41) is 11.9. The number of anilines is 1. The first-order valence-electron chi connectivity index (χ1n) is 6.95. The van der Waals surface area contributed by atoms with Gasteiger partial charge in [0, 0.05) is 29.7 Å². The fraction of sp³-hybridized carbons (Fsp3) is 0.400. The van der Waals surface area contributed by atoms with Crippen molar-refractivity contribution in [1.29, 1.82) is 0 Å². The fourth-order valence-electron chi connectivity index (χ4n) is 2.43. The van der Waals surface area contributed by atoms with E-state index < -0.39 is 17.9 Å². The number of nitrogens with zero attached hydrogens (tertiary/aromatic N) is 1. The highest BCUT2D eigenvalue weighted by Crippen LogP contribution is 2.26. The molecule has 2 amide bonds. The van der Waals surface area contributed by atoms with Crippen LogP contribution in [-0.2, 0) is 14.4 Å². The number of carbonyl (C=O) groups excluding carboxylic acids is 2. The Hall–Kier alpha value is -2.08. The van der Waals surface area contributed by atoms with E-state index in [9.17, 15) is 14.4 Å². The molecule has 0 bridgehead atoms. The molecule has 0 spiro atoms. The summed E-state index contributed by atoms with van der Waals surface area (Å²) < 4.78 is 0. The smallest absolute Gasteiger partial charge is 0.305 e. The van der Waals surface area contributed by atoms with E-state index in [4.69, 9.17) is 16.7 Å². The van der Waals surface area contributed by atoms with Crippen LogP contribution in [0.2, 0.25) is 5.02 Å². The van der Waals surface area contributed by atoms with Crippen LogP contribution in [0.4, 0.5) is 5.69 Å². The molecule has 0 aromatic heterocycles. The maximum absolute atomic E-state index is 12.1. The number of halogens is 1. The van der Waals surface area contributed by atoms with Crippen molar-refractivity contribution >= 4 is 35.1 Å². The Balaban J connectivity index is 1.98. The van der Waals surface area contributed by atoms with Gasteiger partial charge in [0.05, 0.1) is 12.3 Å². The summed E-state index contributed by atoms with van der Waals surface area (Å²) in [5.74, 6) is -1.87. The third kappa shape index (κ3) is 3.98. The van der Waals surface area contributed by atoms with Gasteiger partial charge in [-0.1, -0.05) is 11.6 Å². The summed E-state index contributed by atoms with van der Waals surface area (Å²) in [6, 6.07) is 6.37. The molecule has 7 heteroatoms. The predicted octanol–water partition coefficient (Wildman–Crippen LogP) is 1.67. The van der Waals surface area contributed by atoms with E-state index in [0.29, 0.717) is 10.7 Å². The third-order valence-corrected chi connectivity index (χ3v) is 3.76. The number of amides is 2. The fourth-order valence-corrected chi connectivity index (χ4v) is 2.55. The SMILES string of the molecule is CC(CC(=O)O)NC(=O)C1CC(=O)N(c2ccc(Cl)cc2)C1. The number of aliphatic carboxylic acids is 1. The Bertz CT molecular complexity index is 588. The Labute approximate surface area is 133 Å². The zero-order valence-electron chi connectivity index (χ0n) is 12.1. The van der Waals surface area contributed by atoms with Crippen LogP contribution >= 0.6 is 11.6 Å². The van der Waals surface area contributed by atoms with E-state index in [2.05, 4.69) is 5.32 Å². The van der Waals surface area contributed by atoms with Crippen LogP contribution in [0.5, 0.6) is 0 Å². The van der Waals surface area contributed by atoms with Crippen LogP contribution in [0.15, 0.2) is 24.3 Å². The Morgan fingerprint density at radius 3 is 2.64 bits per heavy atom. The van der Waals surface area contributed by atoms with Crippen LogP contribution in [0.25, 0.3) is 0 Å². The second-order valence-electron chi connectivity index (χ2n) is 5.39. The van der Waals surface area contributed by atoms with Gasteiger partial charge in [-0.05, 0) is 31.2 Å². The average molecular weight is 325 g/mol. The number of rotatable bonds is 5. The van der Waals surface area contributed by atoms with Crippen molar-refractivity contribution in [2.75, 3.05) is 11.4 Å². The predicted molar refractivity (Wildman–Crippen MR) is 81.8 cm³/mol. The topological polar surface area (TPSA) is 86.7 Å². The minimum absolute atomic E-state index is 0.119. The third-order valence-electron chi connectivity index (χ3n) is 3.50. The molecule has 118 valence electrons. The average Bonchev–Trinajstić information content (AvgIpc) is 2.81. The molecule has 1 fully saturated rings. The first kappa shape index (κ1) is 16.3. The lowest BCUT2D eigenvalue weighted by Gasteiger charge is -2.18. The maximum atomic E-state index is 12.1. The van der Waals surface area contributed by atoms with E-state index in [1.807, 2.05) is 0 Å². The second kappa shape index (κ2) is 6.79. The van der Waals surface area contributed by atoms with Gasteiger partial charge in [-0.2, -0.15) is 0 Å². The zero-order chi connectivity index (χ0) is 16.3. The molecule has 1 saturated heterocycles. The van der Waals surface area contributed by atoms with Crippen molar-refractivity contribution in [2.45, 2.75) is 25.8 Å². The Morgan fingerprint density at radius 1 is 1.41 bits per heavy atom. The molecule has 0 aliphatic carbocycles. The first-order chi connectivity index (χ1) is 10.4. The van der Waals surface area contributed by atoms with Crippen molar-refractivity contribution in [3.05, 3.63) is 29.3 Å². The van der Waals surface area contributed by atoms with Crippen molar-refractivity contribution in [1.82, 2.24) is 5.32 Å². The van der Waals surface area contributed by atoms with Crippen LogP contribution < -0.4 is 10.2 Å². The van der Waals surface area contributed by atoms with E-state index in [1.165, 1.54) is 0 Å². The van der Waals surface area contributed by atoms with Crippen LogP contribution in [0, 0.1) is 5.92 Å². The summed E-state index contributed by atoms with van der Waals surface area (Å²) in [5.41, 5.74) is 0.697. The molecule has 2 rings (SSSR count). The van der Waals surface area contributed by atoms with Gasteiger partial charge in [0.1, 0.15) is 0 Å². The van der Waals surface area contributed by atoms with Crippen molar-refractivity contribution in [3.63, 3.8) is 0 Å². The van der Waals surface area contributed by atoms with Gasteiger partial charge in [-0.3, -0.25) is 14.4 Å². The molecule has 22 heavy (non-hydrogen) atoms. The molecule has 6 nitrogen and oxygen atoms in total. The molecular weight excluding hydrogens is 308 g/mol. The second-order valence-corrected chi connectivity index (χ2v) is 5.83. The number of carbonyl (C=O) groups is 3. The lowest BCUT2D eigenvalue weighted by atomic mass is 10.1. The highest BCUT2D eigenvalue weighted by molar-refractivity contribution is 6.30. The van der Waals surface area contributed by atoms with Gasteiger partial charge in [0.15, 0.2) is 0 Å². The normalized spacial score (nSPS) is 19.1. The van der Waals surface area contributed by atoms with E-state index in [0.717, 1.165) is 0 Å². The molecule has 0 radical (unpaired) electrons. The van der Waals surface area contributed by atoms with Crippen molar-refractivity contribution < 1.29 is 19.5 Å². The molecule has 2 atom stereocenters. The lowest BCUT2D eigenvalue weighted by molar-refractivity contribution is -0.137. The maximum Gasteiger partial charge on any atom is 0.305 e. The molecule has 1 aromatic rings. The monoisotopic (exact) mass is 324 g/mol. The lowest BCUT2D eigenvalue weighted by Crippen LogP contribution is -2.39. The molecule has 1 aromatic carbocycles. The van der Waals surface area contributed by atoms with Gasteiger partial charge in [-0.25, -0.2) is 0 Å². The van der Waals surface area contributed by atoms with Crippen molar-refractivity contribution in [2.24, 2.45) is 5.92 Å². The molecule has 1 aliphatic heterocycles. The highest BCUT2D eigenvalue weighted by Gasteiger charge is 2.35. The number of carboxylic acid groups (broad SMARTS) is 1. The largest absolute Gasteiger partial charge is 0.481 e.